The van der Waals surface area contributed by atoms with Crippen molar-refractivity contribution in [3.63, 3.8) is 0 Å². The molecule has 0 aliphatic carbocycles. The topological polar surface area (TPSA) is 98.8 Å². The number of carbonyl (C=O) groups is 1. The summed E-state index contributed by atoms with van der Waals surface area (Å²) in [5.41, 5.74) is 1.39. The van der Waals surface area contributed by atoms with Crippen LogP contribution in [0.3, 0.4) is 0 Å². The maximum absolute atomic E-state index is 12.3. The third-order valence-electron chi connectivity index (χ3n) is 3.48. The molecule has 0 spiro atoms. The zero-order valence-corrected chi connectivity index (χ0v) is 12.8. The first-order valence-corrected chi connectivity index (χ1v) is 7.11. The van der Waals surface area contributed by atoms with E-state index in [2.05, 4.69) is 10.3 Å². The SMILES string of the molecule is COc1ccc([N+](=O)[O-])cc1C(=O)NCc1cn2ccccc2n1. The highest BCUT2D eigenvalue weighted by atomic mass is 16.6. The van der Waals surface area contributed by atoms with Gasteiger partial charge in [-0.15, -0.1) is 0 Å². The Labute approximate surface area is 136 Å². The second-order valence-corrected chi connectivity index (χ2v) is 5.02. The third-order valence-corrected chi connectivity index (χ3v) is 3.48. The van der Waals surface area contributed by atoms with E-state index in [0.717, 1.165) is 5.65 Å². The van der Waals surface area contributed by atoms with E-state index in [0.29, 0.717) is 5.69 Å². The molecule has 0 unspecified atom stereocenters. The number of amides is 1. The molecule has 8 nitrogen and oxygen atoms in total. The Morgan fingerprint density at radius 2 is 2.21 bits per heavy atom. The first kappa shape index (κ1) is 15.5. The molecule has 0 saturated carbocycles. The largest absolute Gasteiger partial charge is 0.496 e. The van der Waals surface area contributed by atoms with Crippen LogP contribution >= 0.6 is 0 Å². The predicted molar refractivity (Wildman–Crippen MR) is 86.0 cm³/mol. The van der Waals surface area contributed by atoms with Crippen LogP contribution in [0.25, 0.3) is 5.65 Å². The van der Waals surface area contributed by atoms with Crippen molar-refractivity contribution in [3.05, 3.63) is 70.2 Å². The molecule has 2 aromatic heterocycles. The Hall–Kier alpha value is -3.42. The van der Waals surface area contributed by atoms with Crippen LogP contribution in [0.4, 0.5) is 5.69 Å². The molecule has 0 atom stereocenters. The fourth-order valence-corrected chi connectivity index (χ4v) is 2.33. The van der Waals surface area contributed by atoms with Gasteiger partial charge < -0.3 is 14.5 Å². The number of non-ortho nitro benzene ring substituents is 1. The van der Waals surface area contributed by atoms with Gasteiger partial charge in [0.05, 0.1) is 29.8 Å². The van der Waals surface area contributed by atoms with Gasteiger partial charge in [-0.2, -0.15) is 0 Å². The zero-order valence-electron chi connectivity index (χ0n) is 12.8. The molecule has 0 bridgehead atoms. The van der Waals surface area contributed by atoms with E-state index in [4.69, 9.17) is 4.74 Å². The summed E-state index contributed by atoms with van der Waals surface area (Å²) < 4.78 is 6.94. The summed E-state index contributed by atoms with van der Waals surface area (Å²) in [5.74, 6) is -0.194. The van der Waals surface area contributed by atoms with Crippen molar-refractivity contribution in [3.8, 4) is 5.75 Å². The number of hydrogen-bond donors (Lipinski definition) is 1. The van der Waals surface area contributed by atoms with Crippen molar-refractivity contribution < 1.29 is 14.5 Å². The highest BCUT2D eigenvalue weighted by molar-refractivity contribution is 5.97. The molecular weight excluding hydrogens is 312 g/mol. The van der Waals surface area contributed by atoms with E-state index in [1.807, 2.05) is 28.8 Å². The molecule has 3 aromatic rings. The number of aromatic nitrogens is 2. The Kier molecular flexibility index (Phi) is 4.11. The van der Waals surface area contributed by atoms with Gasteiger partial charge in [0.25, 0.3) is 11.6 Å². The van der Waals surface area contributed by atoms with Gasteiger partial charge in [-0.25, -0.2) is 4.98 Å². The number of nitrogens with one attached hydrogen (secondary N) is 1. The maximum atomic E-state index is 12.3. The van der Waals surface area contributed by atoms with Crippen molar-refractivity contribution in [2.45, 2.75) is 6.54 Å². The molecule has 0 radical (unpaired) electrons. The molecule has 24 heavy (non-hydrogen) atoms. The Morgan fingerprint density at radius 3 is 2.92 bits per heavy atom. The lowest BCUT2D eigenvalue weighted by molar-refractivity contribution is -0.384. The average Bonchev–Trinajstić information content (AvgIpc) is 3.02. The minimum absolute atomic E-state index is 0.107. The molecule has 8 heteroatoms. The van der Waals surface area contributed by atoms with Crippen molar-refractivity contribution in [1.82, 2.24) is 14.7 Å². The molecule has 0 saturated heterocycles. The lowest BCUT2D eigenvalue weighted by Crippen LogP contribution is -2.23. The molecule has 122 valence electrons. The van der Waals surface area contributed by atoms with Gasteiger partial charge in [-0.3, -0.25) is 14.9 Å². The van der Waals surface area contributed by atoms with Gasteiger partial charge in [0.15, 0.2) is 0 Å². The summed E-state index contributed by atoms with van der Waals surface area (Å²) in [6.07, 6.45) is 3.66. The third kappa shape index (κ3) is 3.02. The number of rotatable bonds is 5. The number of nitro benzene ring substituents is 1. The highest BCUT2D eigenvalue weighted by Gasteiger charge is 2.17. The summed E-state index contributed by atoms with van der Waals surface area (Å²) in [4.78, 5) is 27.0. The molecule has 1 aromatic carbocycles. The number of nitrogens with zero attached hydrogens (tertiary/aromatic N) is 3. The number of ether oxygens (including phenoxy) is 1. The number of pyridine rings is 1. The van der Waals surface area contributed by atoms with Gasteiger partial charge in [0.2, 0.25) is 0 Å². The quantitative estimate of drug-likeness (QED) is 0.572. The van der Waals surface area contributed by atoms with E-state index >= 15 is 0 Å². The normalized spacial score (nSPS) is 10.5. The molecule has 0 fully saturated rings. The van der Waals surface area contributed by atoms with Gasteiger partial charge in [0.1, 0.15) is 11.4 Å². The van der Waals surface area contributed by atoms with E-state index in [1.54, 1.807) is 6.20 Å². The van der Waals surface area contributed by atoms with Crippen LogP contribution in [0.1, 0.15) is 16.1 Å². The molecular formula is C16H14N4O4. The van der Waals surface area contributed by atoms with Gasteiger partial charge in [-0.05, 0) is 18.2 Å². The summed E-state index contributed by atoms with van der Waals surface area (Å²) in [5, 5.41) is 13.6. The Balaban J connectivity index is 1.79. The van der Waals surface area contributed by atoms with Crippen molar-refractivity contribution in [1.29, 1.82) is 0 Å². The minimum atomic E-state index is -0.557. The van der Waals surface area contributed by atoms with Crippen LogP contribution in [0.2, 0.25) is 0 Å². The summed E-state index contributed by atoms with van der Waals surface area (Å²) in [7, 11) is 1.40. The number of benzene rings is 1. The Morgan fingerprint density at radius 1 is 1.38 bits per heavy atom. The summed E-state index contributed by atoms with van der Waals surface area (Å²) in [6.45, 7) is 0.201. The Bertz CT molecular complexity index is 886. The monoisotopic (exact) mass is 326 g/mol. The molecule has 1 N–H and O–H groups in total. The number of carbonyl (C=O) groups excluding carboxylic acids is 1. The molecule has 1 amide bonds. The van der Waals surface area contributed by atoms with Crippen LogP contribution in [0, 0.1) is 10.1 Å². The zero-order chi connectivity index (χ0) is 17.1. The fourth-order valence-electron chi connectivity index (χ4n) is 2.33. The lowest BCUT2D eigenvalue weighted by Gasteiger charge is -2.08. The number of methoxy groups -OCH3 is 1. The number of nitro groups is 1. The van der Waals surface area contributed by atoms with Crippen LogP contribution in [-0.2, 0) is 6.54 Å². The van der Waals surface area contributed by atoms with Crippen molar-refractivity contribution in [2.75, 3.05) is 7.11 Å². The lowest BCUT2D eigenvalue weighted by atomic mass is 10.1. The maximum Gasteiger partial charge on any atom is 0.270 e. The van der Waals surface area contributed by atoms with Crippen LogP contribution in [0.15, 0.2) is 48.8 Å². The first-order chi connectivity index (χ1) is 11.6. The number of imidazole rings is 1. The minimum Gasteiger partial charge on any atom is -0.496 e. The van der Waals surface area contributed by atoms with E-state index in [9.17, 15) is 14.9 Å². The van der Waals surface area contributed by atoms with Crippen LogP contribution in [-0.4, -0.2) is 27.3 Å². The number of hydrogen-bond acceptors (Lipinski definition) is 5. The molecule has 0 aliphatic heterocycles. The van der Waals surface area contributed by atoms with Crippen LogP contribution < -0.4 is 10.1 Å². The van der Waals surface area contributed by atoms with E-state index < -0.39 is 10.8 Å². The second kappa shape index (κ2) is 6.37. The van der Waals surface area contributed by atoms with Gasteiger partial charge in [0, 0.05) is 24.5 Å². The fraction of sp³-hybridized carbons (Fsp3) is 0.125. The second-order valence-electron chi connectivity index (χ2n) is 5.02. The predicted octanol–water partition coefficient (Wildman–Crippen LogP) is 2.18. The smallest absolute Gasteiger partial charge is 0.270 e. The summed E-state index contributed by atoms with van der Waals surface area (Å²) in [6, 6.07) is 9.49. The number of fused-ring (bicyclic) bond motifs is 1. The average molecular weight is 326 g/mol. The first-order valence-electron chi connectivity index (χ1n) is 7.11. The summed E-state index contributed by atoms with van der Waals surface area (Å²) >= 11 is 0. The molecule has 0 aliphatic rings. The highest BCUT2D eigenvalue weighted by Crippen LogP contribution is 2.23. The molecule has 3 rings (SSSR count). The van der Waals surface area contributed by atoms with Crippen LogP contribution in [0.5, 0.6) is 5.75 Å². The van der Waals surface area contributed by atoms with E-state index in [-0.39, 0.29) is 23.5 Å². The standard InChI is InChI=1S/C16H14N4O4/c1-24-14-6-5-12(20(22)23)8-13(14)16(21)17-9-11-10-19-7-3-2-4-15(19)18-11/h2-8,10H,9H2,1H3,(H,17,21). The van der Waals surface area contributed by atoms with Gasteiger partial charge >= 0.3 is 0 Å². The van der Waals surface area contributed by atoms with Crippen molar-refractivity contribution in [2.24, 2.45) is 0 Å². The van der Waals surface area contributed by atoms with Gasteiger partial charge in [-0.1, -0.05) is 6.07 Å². The van der Waals surface area contributed by atoms with E-state index in [1.165, 1.54) is 25.3 Å². The van der Waals surface area contributed by atoms with Crippen molar-refractivity contribution >= 4 is 17.2 Å². The molecule has 2 heterocycles.